The Bertz CT molecular complexity index is 866. The number of rotatable bonds is 8. The van der Waals surface area contributed by atoms with Gasteiger partial charge in [-0.15, -0.1) is 0 Å². The minimum absolute atomic E-state index is 0.0279. The minimum Gasteiger partial charge on any atom is -0.465 e. The Balaban J connectivity index is 1.64. The Morgan fingerprint density at radius 2 is 1.96 bits per heavy atom. The Hall–Kier alpha value is -2.74. The quantitative estimate of drug-likeness (QED) is 0.502. The predicted molar refractivity (Wildman–Crippen MR) is 107 cm³/mol. The van der Waals surface area contributed by atoms with Gasteiger partial charge in [0.2, 0.25) is 0 Å². The van der Waals surface area contributed by atoms with Crippen molar-refractivity contribution < 1.29 is 19.1 Å². The van der Waals surface area contributed by atoms with E-state index in [1.165, 1.54) is 21.1 Å². The van der Waals surface area contributed by atoms with Gasteiger partial charge in [0.1, 0.15) is 6.54 Å². The minimum atomic E-state index is -0.426. The Labute approximate surface area is 167 Å². The third kappa shape index (κ3) is 4.56. The van der Waals surface area contributed by atoms with Gasteiger partial charge in [0.15, 0.2) is 10.9 Å². The molecule has 0 saturated carbocycles. The largest absolute Gasteiger partial charge is 0.465 e. The summed E-state index contributed by atoms with van der Waals surface area (Å²) in [7, 11) is 0. The number of amides is 2. The number of urea groups is 1. The first-order valence-electron chi connectivity index (χ1n) is 9.26. The summed E-state index contributed by atoms with van der Waals surface area (Å²) in [5, 5.41) is 0.497. The molecule has 148 valence electrons. The number of carbonyl (C=O) groups is 3. The van der Waals surface area contributed by atoms with Crippen LogP contribution in [0.15, 0.2) is 30.3 Å². The van der Waals surface area contributed by atoms with Crippen LogP contribution in [0.3, 0.4) is 0 Å². The monoisotopic (exact) mass is 401 g/mol. The number of hydrogen-bond acceptors (Lipinski definition) is 6. The van der Waals surface area contributed by atoms with Crippen molar-refractivity contribution >= 4 is 34.3 Å². The van der Waals surface area contributed by atoms with Gasteiger partial charge in [-0.3, -0.25) is 14.5 Å². The highest BCUT2D eigenvalue weighted by Crippen LogP contribution is 2.30. The van der Waals surface area contributed by atoms with Crippen molar-refractivity contribution in [3.63, 3.8) is 0 Å². The molecular weight excluding hydrogens is 378 g/mol. The van der Waals surface area contributed by atoms with Crippen molar-refractivity contribution in [2.45, 2.75) is 26.7 Å². The fraction of sp³-hybridized carbons (Fsp3) is 0.400. The molecule has 3 rings (SSSR count). The lowest BCUT2D eigenvalue weighted by Gasteiger charge is -2.15. The molecule has 0 unspecified atom stereocenters. The fourth-order valence-electron chi connectivity index (χ4n) is 3.04. The van der Waals surface area contributed by atoms with Crippen LogP contribution in [0.4, 0.5) is 9.93 Å². The number of aromatic nitrogens is 1. The summed E-state index contributed by atoms with van der Waals surface area (Å²) >= 11 is 1.24. The van der Waals surface area contributed by atoms with Crippen LogP contribution in [0.25, 0.3) is 0 Å². The molecule has 28 heavy (non-hydrogen) atoms. The summed E-state index contributed by atoms with van der Waals surface area (Å²) in [6, 6.07) is 9.57. The second-order valence-corrected chi connectivity index (χ2v) is 7.46. The normalized spacial score (nSPS) is 13.9. The zero-order chi connectivity index (χ0) is 20.1. The average Bonchev–Trinajstić information content (AvgIpc) is 3.24. The molecule has 0 radical (unpaired) electrons. The van der Waals surface area contributed by atoms with E-state index in [0.717, 1.165) is 5.56 Å². The summed E-state index contributed by atoms with van der Waals surface area (Å²) < 4.78 is 4.90. The van der Waals surface area contributed by atoms with Crippen molar-refractivity contribution in [3.8, 4) is 0 Å². The number of aryl methyl sites for hydroxylation is 2. The molecule has 0 bridgehead atoms. The molecule has 2 heterocycles. The van der Waals surface area contributed by atoms with Crippen molar-refractivity contribution in [3.05, 3.63) is 46.5 Å². The molecule has 1 aliphatic heterocycles. The van der Waals surface area contributed by atoms with E-state index in [2.05, 4.69) is 4.98 Å². The fourth-order valence-corrected chi connectivity index (χ4v) is 4.10. The standard InChI is InChI=1S/C20H23N3O4S/c1-3-27-17(25)13-22-11-12-23(20(22)26)19-21-14(2)18(28-19)16(24)10-9-15-7-5-4-6-8-15/h4-8H,3,9-13H2,1-2H3. The van der Waals surface area contributed by atoms with Crippen LogP contribution in [-0.4, -0.2) is 53.9 Å². The van der Waals surface area contributed by atoms with Crippen molar-refractivity contribution in [1.82, 2.24) is 9.88 Å². The molecule has 0 atom stereocenters. The topological polar surface area (TPSA) is 79.8 Å². The summed E-state index contributed by atoms with van der Waals surface area (Å²) in [6.45, 7) is 4.58. The highest BCUT2D eigenvalue weighted by molar-refractivity contribution is 7.17. The summed E-state index contributed by atoms with van der Waals surface area (Å²) in [4.78, 5) is 44.8. The van der Waals surface area contributed by atoms with Crippen LogP contribution < -0.4 is 4.90 Å². The summed E-state index contributed by atoms with van der Waals surface area (Å²) in [6.07, 6.45) is 1.07. The number of ether oxygens (including phenoxy) is 1. The van der Waals surface area contributed by atoms with Crippen LogP contribution >= 0.6 is 11.3 Å². The maximum atomic E-state index is 12.6. The molecule has 8 heteroatoms. The first kappa shape index (κ1) is 20.0. The first-order valence-corrected chi connectivity index (χ1v) is 10.1. The van der Waals surface area contributed by atoms with E-state index in [9.17, 15) is 14.4 Å². The van der Waals surface area contributed by atoms with Crippen molar-refractivity contribution in [1.29, 1.82) is 0 Å². The first-order chi connectivity index (χ1) is 13.5. The van der Waals surface area contributed by atoms with Crippen molar-refractivity contribution in [2.24, 2.45) is 0 Å². The van der Waals surface area contributed by atoms with Gasteiger partial charge in [0.05, 0.1) is 17.2 Å². The molecule has 1 fully saturated rings. The van der Waals surface area contributed by atoms with Gasteiger partial charge >= 0.3 is 12.0 Å². The van der Waals surface area contributed by atoms with Gasteiger partial charge in [-0.25, -0.2) is 9.78 Å². The molecule has 2 aromatic rings. The van der Waals surface area contributed by atoms with Gasteiger partial charge in [0, 0.05) is 19.5 Å². The SMILES string of the molecule is CCOC(=O)CN1CCN(c2nc(C)c(C(=O)CCc3ccccc3)s2)C1=O. The van der Waals surface area contributed by atoms with Crippen LogP contribution in [-0.2, 0) is 16.0 Å². The number of Topliss-reactive ketones (excluding diaryl/α,β-unsaturated/α-hetero) is 1. The molecule has 0 N–H and O–H groups in total. The van der Waals surface area contributed by atoms with Crippen LogP contribution in [0.1, 0.15) is 34.3 Å². The molecule has 0 aliphatic carbocycles. The van der Waals surface area contributed by atoms with Crippen LogP contribution in [0.5, 0.6) is 0 Å². The van der Waals surface area contributed by atoms with E-state index in [0.29, 0.717) is 41.6 Å². The maximum absolute atomic E-state index is 12.6. The molecule has 7 nitrogen and oxygen atoms in total. The molecule has 2 amide bonds. The second-order valence-electron chi connectivity index (χ2n) is 6.48. The van der Waals surface area contributed by atoms with Crippen LogP contribution in [0.2, 0.25) is 0 Å². The zero-order valence-electron chi connectivity index (χ0n) is 16.0. The Kier molecular flexibility index (Phi) is 6.41. The van der Waals surface area contributed by atoms with Gasteiger partial charge in [0.25, 0.3) is 0 Å². The molecule has 1 aromatic carbocycles. The van der Waals surface area contributed by atoms with Gasteiger partial charge < -0.3 is 9.64 Å². The number of benzene rings is 1. The molecular formula is C20H23N3O4S. The maximum Gasteiger partial charge on any atom is 0.326 e. The van der Waals surface area contributed by atoms with E-state index >= 15 is 0 Å². The number of hydrogen-bond donors (Lipinski definition) is 0. The number of ketones is 1. The molecule has 1 aromatic heterocycles. The third-order valence-corrected chi connectivity index (χ3v) is 5.69. The Morgan fingerprint density at radius 1 is 1.21 bits per heavy atom. The molecule has 0 spiro atoms. The lowest BCUT2D eigenvalue weighted by Crippen LogP contribution is -2.35. The summed E-state index contributed by atoms with van der Waals surface area (Å²) in [5.74, 6) is -0.398. The smallest absolute Gasteiger partial charge is 0.326 e. The predicted octanol–water partition coefficient (Wildman–Crippen LogP) is 3.07. The van der Waals surface area contributed by atoms with E-state index in [1.54, 1.807) is 13.8 Å². The lowest BCUT2D eigenvalue weighted by atomic mass is 10.1. The van der Waals surface area contributed by atoms with Gasteiger partial charge in [-0.2, -0.15) is 0 Å². The number of anilines is 1. The van der Waals surface area contributed by atoms with E-state index in [1.807, 2.05) is 30.3 Å². The van der Waals surface area contributed by atoms with Gasteiger partial charge in [-0.05, 0) is 25.8 Å². The third-order valence-electron chi connectivity index (χ3n) is 4.47. The second kappa shape index (κ2) is 8.97. The number of esters is 1. The van der Waals surface area contributed by atoms with E-state index in [-0.39, 0.29) is 25.0 Å². The zero-order valence-corrected chi connectivity index (χ0v) is 16.8. The number of thiazole rings is 1. The van der Waals surface area contributed by atoms with E-state index in [4.69, 9.17) is 4.74 Å². The highest BCUT2D eigenvalue weighted by Gasteiger charge is 2.33. The summed E-state index contributed by atoms with van der Waals surface area (Å²) in [5.41, 5.74) is 1.75. The Morgan fingerprint density at radius 3 is 2.68 bits per heavy atom. The highest BCUT2D eigenvalue weighted by atomic mass is 32.1. The van der Waals surface area contributed by atoms with Gasteiger partial charge in [-0.1, -0.05) is 41.7 Å². The molecule has 1 saturated heterocycles. The van der Waals surface area contributed by atoms with Crippen LogP contribution in [0, 0.1) is 6.92 Å². The molecule has 1 aliphatic rings. The number of nitrogens with zero attached hydrogens (tertiary/aromatic N) is 3. The van der Waals surface area contributed by atoms with Crippen molar-refractivity contribution in [2.75, 3.05) is 31.1 Å². The number of carbonyl (C=O) groups excluding carboxylic acids is 3. The lowest BCUT2D eigenvalue weighted by molar-refractivity contribution is -0.143. The average molecular weight is 401 g/mol. The van der Waals surface area contributed by atoms with E-state index < -0.39 is 5.97 Å².